The number of aliphatic hydroxyl groups excluding tert-OH is 1. The van der Waals surface area contributed by atoms with Crippen LogP contribution >= 0.6 is 34.7 Å². The topological polar surface area (TPSA) is 102 Å². The Kier molecular flexibility index (Phi) is 10.0. The van der Waals surface area contributed by atoms with Gasteiger partial charge in [-0.05, 0) is 46.5 Å². The van der Waals surface area contributed by atoms with Gasteiger partial charge in [0.25, 0.3) is 5.91 Å². The molecular weight excluding hydrogens is 654 g/mol. The van der Waals surface area contributed by atoms with Crippen molar-refractivity contribution in [1.82, 2.24) is 10.2 Å². The van der Waals surface area contributed by atoms with Gasteiger partial charge in [-0.25, -0.2) is 0 Å². The van der Waals surface area contributed by atoms with Crippen molar-refractivity contribution in [3.8, 4) is 11.5 Å². The molecule has 1 aliphatic rings. The fourth-order valence-corrected chi connectivity index (χ4v) is 7.17. The molecule has 1 unspecified atom stereocenters. The van der Waals surface area contributed by atoms with Crippen LogP contribution in [-0.4, -0.2) is 34.1 Å². The van der Waals surface area contributed by atoms with E-state index in [-0.39, 0.29) is 10.7 Å². The Labute approximate surface area is 285 Å². The highest BCUT2D eigenvalue weighted by Gasteiger charge is 2.45. The van der Waals surface area contributed by atoms with Crippen molar-refractivity contribution in [1.29, 1.82) is 0 Å². The molecule has 0 saturated carbocycles. The van der Waals surface area contributed by atoms with Gasteiger partial charge >= 0.3 is 0 Å². The molecule has 8 nitrogen and oxygen atoms in total. The zero-order valence-corrected chi connectivity index (χ0v) is 27.5. The number of hydrogen-bond donors (Lipinski definition) is 1. The summed E-state index contributed by atoms with van der Waals surface area (Å²) in [6.45, 7) is 0.318. The third kappa shape index (κ3) is 7.25. The van der Waals surface area contributed by atoms with Crippen molar-refractivity contribution in [3.05, 3.63) is 148 Å². The van der Waals surface area contributed by atoms with E-state index in [0.717, 1.165) is 16.7 Å². The lowest BCUT2D eigenvalue weighted by Crippen LogP contribution is -2.30. The molecule has 4 aromatic carbocycles. The number of rotatable bonds is 12. The van der Waals surface area contributed by atoms with Crippen LogP contribution in [0, 0.1) is 0 Å². The van der Waals surface area contributed by atoms with Crippen LogP contribution in [0.2, 0.25) is 5.02 Å². The quantitative estimate of drug-likeness (QED) is 0.0798. The number of halogens is 1. The lowest BCUT2D eigenvalue weighted by molar-refractivity contribution is -0.117. The number of methoxy groups -OCH3 is 1. The van der Waals surface area contributed by atoms with Crippen molar-refractivity contribution >= 4 is 57.6 Å². The van der Waals surface area contributed by atoms with Crippen LogP contribution in [0.1, 0.15) is 28.3 Å². The highest BCUT2D eigenvalue weighted by molar-refractivity contribution is 8.00. The lowest BCUT2D eigenvalue weighted by atomic mass is 9.95. The summed E-state index contributed by atoms with van der Waals surface area (Å²) in [4.78, 5) is 28.7. The molecule has 6 rings (SSSR count). The van der Waals surface area contributed by atoms with Gasteiger partial charge in [0, 0.05) is 10.8 Å². The van der Waals surface area contributed by atoms with Crippen molar-refractivity contribution in [2.24, 2.45) is 0 Å². The minimum Gasteiger partial charge on any atom is -0.503 e. The number of anilines is 1. The first-order valence-electron chi connectivity index (χ1n) is 14.5. The zero-order chi connectivity index (χ0) is 32.8. The lowest BCUT2D eigenvalue weighted by Gasteiger charge is -2.24. The van der Waals surface area contributed by atoms with Crippen LogP contribution in [-0.2, 0) is 21.9 Å². The van der Waals surface area contributed by atoms with E-state index >= 15 is 0 Å². The van der Waals surface area contributed by atoms with E-state index < -0.39 is 23.5 Å². The standard InChI is InChI=1S/C36H28ClN3O5S2/c1-44-30-20-25(17-19-29(30)45-21-24-12-6-3-7-13-24)32-31(28(41)18-16-23-10-4-2-5-11-23)33(42)34(43)40(32)35-38-39-36(47-35)46-22-26-14-8-9-15-27(26)37/h2-20,32,42H,21-22H2,1H3/b18-16+. The summed E-state index contributed by atoms with van der Waals surface area (Å²) in [5, 5.41) is 20.6. The Morgan fingerprint density at radius 1 is 0.979 bits per heavy atom. The molecule has 5 aromatic rings. The maximum atomic E-state index is 13.7. The summed E-state index contributed by atoms with van der Waals surface area (Å²) in [5.74, 6) is -0.499. The molecule has 0 fully saturated rings. The van der Waals surface area contributed by atoms with Gasteiger partial charge in [0.1, 0.15) is 6.61 Å². The Bertz CT molecular complexity index is 1960. The minimum atomic E-state index is -1.01. The van der Waals surface area contributed by atoms with Gasteiger partial charge < -0.3 is 14.6 Å². The molecule has 11 heteroatoms. The Hall–Kier alpha value is -4.90. The number of hydrogen-bond acceptors (Lipinski definition) is 9. The highest BCUT2D eigenvalue weighted by Crippen LogP contribution is 2.45. The predicted molar refractivity (Wildman–Crippen MR) is 185 cm³/mol. The molecule has 0 aliphatic carbocycles. The molecule has 0 bridgehead atoms. The number of ketones is 1. The first-order chi connectivity index (χ1) is 22.9. The summed E-state index contributed by atoms with van der Waals surface area (Å²) >= 11 is 8.93. The summed E-state index contributed by atoms with van der Waals surface area (Å²) in [7, 11) is 1.52. The number of thioether (sulfide) groups is 1. The van der Waals surface area contributed by atoms with Gasteiger partial charge in [-0.1, -0.05) is 126 Å². The van der Waals surface area contributed by atoms with E-state index in [0.29, 0.717) is 38.8 Å². The number of carbonyl (C=O) groups excluding carboxylic acids is 2. The summed E-state index contributed by atoms with van der Waals surface area (Å²) in [6.07, 6.45) is 2.99. The average molecular weight is 682 g/mol. The molecule has 0 spiro atoms. The number of aliphatic hydroxyl groups is 1. The molecule has 236 valence electrons. The number of aromatic nitrogens is 2. The monoisotopic (exact) mass is 681 g/mol. The summed E-state index contributed by atoms with van der Waals surface area (Å²) < 4.78 is 12.3. The van der Waals surface area contributed by atoms with Crippen LogP contribution < -0.4 is 14.4 Å². The van der Waals surface area contributed by atoms with Crippen LogP contribution in [0.25, 0.3) is 6.08 Å². The minimum absolute atomic E-state index is 0.0809. The Morgan fingerprint density at radius 3 is 2.45 bits per heavy atom. The van der Waals surface area contributed by atoms with Crippen LogP contribution in [0.15, 0.2) is 125 Å². The average Bonchev–Trinajstić information content (AvgIpc) is 3.68. The van der Waals surface area contributed by atoms with E-state index in [4.69, 9.17) is 21.1 Å². The SMILES string of the molecule is COc1cc(C2C(C(=O)/C=C/c3ccccc3)=C(O)C(=O)N2c2nnc(SCc3ccccc3Cl)s2)ccc1OCc1ccccc1. The van der Waals surface area contributed by atoms with E-state index in [2.05, 4.69) is 10.2 Å². The first kappa shape index (κ1) is 32.1. The summed E-state index contributed by atoms with van der Waals surface area (Å²) in [6, 6.07) is 30.7. The maximum absolute atomic E-state index is 13.7. The van der Waals surface area contributed by atoms with Gasteiger partial charge in [-0.3, -0.25) is 14.5 Å². The van der Waals surface area contributed by atoms with Crippen molar-refractivity contribution in [2.75, 3.05) is 12.0 Å². The molecule has 47 heavy (non-hydrogen) atoms. The van der Waals surface area contributed by atoms with E-state index in [1.165, 1.54) is 41.2 Å². The second kappa shape index (κ2) is 14.7. The smallest absolute Gasteiger partial charge is 0.296 e. The summed E-state index contributed by atoms with van der Waals surface area (Å²) in [5.41, 5.74) is 3.15. The van der Waals surface area contributed by atoms with Crippen LogP contribution in [0.4, 0.5) is 5.13 Å². The van der Waals surface area contributed by atoms with Gasteiger partial charge in [-0.15, -0.1) is 10.2 Å². The molecule has 1 amide bonds. The van der Waals surface area contributed by atoms with Gasteiger partial charge in [0.15, 0.2) is 27.4 Å². The Morgan fingerprint density at radius 2 is 1.70 bits per heavy atom. The largest absolute Gasteiger partial charge is 0.503 e. The van der Waals surface area contributed by atoms with Gasteiger partial charge in [0.05, 0.1) is 18.7 Å². The van der Waals surface area contributed by atoms with Gasteiger partial charge in [-0.2, -0.15) is 0 Å². The van der Waals surface area contributed by atoms with Crippen LogP contribution in [0.5, 0.6) is 11.5 Å². The third-order valence-corrected chi connectivity index (χ3v) is 9.83. The normalized spacial score (nSPS) is 14.6. The van der Waals surface area contributed by atoms with Gasteiger partial charge in [0.2, 0.25) is 5.13 Å². The number of carbonyl (C=O) groups is 2. The van der Waals surface area contributed by atoms with Crippen molar-refractivity contribution in [2.45, 2.75) is 22.7 Å². The first-order valence-corrected chi connectivity index (χ1v) is 16.7. The molecule has 0 saturated heterocycles. The molecular formula is C36H28ClN3O5S2. The van der Waals surface area contributed by atoms with E-state index in [1.807, 2.05) is 84.9 Å². The fraction of sp³-hybridized carbons (Fsp3) is 0.111. The highest BCUT2D eigenvalue weighted by atomic mass is 35.5. The zero-order valence-electron chi connectivity index (χ0n) is 25.1. The number of benzene rings is 4. The maximum Gasteiger partial charge on any atom is 0.296 e. The molecule has 2 heterocycles. The van der Waals surface area contributed by atoms with E-state index in [1.54, 1.807) is 24.3 Å². The molecule has 0 radical (unpaired) electrons. The fourth-order valence-electron chi connectivity index (χ4n) is 5.02. The van der Waals surface area contributed by atoms with Crippen molar-refractivity contribution < 1.29 is 24.2 Å². The van der Waals surface area contributed by atoms with Crippen LogP contribution in [0.3, 0.4) is 0 Å². The molecule has 1 aliphatic heterocycles. The second-order valence-corrected chi connectivity index (χ2v) is 12.9. The third-order valence-electron chi connectivity index (χ3n) is 7.35. The molecule has 1 atom stereocenters. The Balaban J connectivity index is 1.33. The molecule has 1 N–H and O–H groups in total. The molecule has 1 aromatic heterocycles. The van der Waals surface area contributed by atoms with E-state index in [9.17, 15) is 14.7 Å². The number of nitrogens with zero attached hydrogens (tertiary/aromatic N) is 3. The van der Waals surface area contributed by atoms with Crippen molar-refractivity contribution in [3.63, 3.8) is 0 Å². The number of ether oxygens (including phenoxy) is 2. The second-order valence-electron chi connectivity index (χ2n) is 10.4. The predicted octanol–water partition coefficient (Wildman–Crippen LogP) is 8.25. The number of allylic oxidation sites excluding steroid dienone is 1. The number of amides is 1.